The van der Waals surface area contributed by atoms with Crippen molar-refractivity contribution in [3.8, 4) is 0 Å². The van der Waals surface area contributed by atoms with Gasteiger partial charge in [-0.15, -0.1) is 0 Å². The van der Waals surface area contributed by atoms with Gasteiger partial charge in [0.25, 0.3) is 0 Å². The highest BCUT2D eigenvalue weighted by atomic mass is 16.2. The lowest BCUT2D eigenvalue weighted by atomic mass is 9.92. The maximum Gasteiger partial charge on any atom is 0.240 e. The Labute approximate surface area is 150 Å². The van der Waals surface area contributed by atoms with Crippen LogP contribution in [0.25, 0.3) is 0 Å². The predicted octanol–water partition coefficient (Wildman–Crippen LogP) is 0.607. The van der Waals surface area contributed by atoms with Gasteiger partial charge in [-0.05, 0) is 19.3 Å². The number of rotatable bonds is 6. The lowest BCUT2D eigenvalue weighted by molar-refractivity contribution is -0.141. The Morgan fingerprint density at radius 3 is 2.28 bits per heavy atom. The molecule has 7 nitrogen and oxygen atoms in total. The molecule has 1 aliphatic heterocycles. The topological polar surface area (TPSA) is 110 Å². The highest BCUT2D eigenvalue weighted by Gasteiger charge is 2.38. The van der Waals surface area contributed by atoms with E-state index in [1.54, 1.807) is 4.90 Å². The molecule has 2 unspecified atom stereocenters. The largest absolute Gasteiger partial charge is 0.370 e. The molecule has 0 bridgehead atoms. The van der Waals surface area contributed by atoms with Crippen LogP contribution in [-0.2, 0) is 14.4 Å². The van der Waals surface area contributed by atoms with Crippen LogP contribution in [0.3, 0.4) is 0 Å². The Bertz CT molecular complexity index is 503. The molecule has 25 heavy (non-hydrogen) atoms. The first-order valence-corrected chi connectivity index (χ1v) is 9.46. The number of hydrogen-bond acceptors (Lipinski definition) is 4. The van der Waals surface area contributed by atoms with E-state index in [1.807, 2.05) is 13.8 Å². The van der Waals surface area contributed by atoms with Gasteiger partial charge in [0.05, 0.1) is 18.5 Å². The van der Waals surface area contributed by atoms with E-state index in [0.29, 0.717) is 13.1 Å². The standard InChI is InChI=1S/C18H32N4O3/c1-12(2)17(24)22(13-6-4-3-5-7-13)14-8-9-21(11-14)18(25)15(19)10-16(20)23/h12-15H,3-11,19H2,1-2H3,(H2,20,23). The van der Waals surface area contributed by atoms with Crippen molar-refractivity contribution in [3.05, 3.63) is 0 Å². The number of likely N-dealkylation sites (tertiary alicyclic amines) is 1. The third-order valence-corrected chi connectivity index (χ3v) is 5.32. The zero-order valence-corrected chi connectivity index (χ0v) is 15.4. The first-order valence-electron chi connectivity index (χ1n) is 9.46. The van der Waals surface area contributed by atoms with Crippen LogP contribution >= 0.6 is 0 Å². The summed E-state index contributed by atoms with van der Waals surface area (Å²) in [5, 5.41) is 0. The molecule has 1 saturated heterocycles. The molecule has 2 atom stereocenters. The maximum atomic E-state index is 12.8. The van der Waals surface area contributed by atoms with E-state index in [4.69, 9.17) is 11.5 Å². The van der Waals surface area contributed by atoms with Crippen molar-refractivity contribution in [3.63, 3.8) is 0 Å². The summed E-state index contributed by atoms with van der Waals surface area (Å²) in [6.07, 6.45) is 6.27. The Kier molecular flexibility index (Phi) is 6.81. The van der Waals surface area contributed by atoms with E-state index < -0.39 is 11.9 Å². The van der Waals surface area contributed by atoms with Gasteiger partial charge in [-0.1, -0.05) is 33.1 Å². The second-order valence-electron chi connectivity index (χ2n) is 7.70. The molecule has 2 aliphatic rings. The molecule has 2 fully saturated rings. The average Bonchev–Trinajstić information content (AvgIpc) is 3.04. The number of amides is 3. The van der Waals surface area contributed by atoms with Crippen LogP contribution < -0.4 is 11.5 Å². The fourth-order valence-corrected chi connectivity index (χ4v) is 4.02. The molecular weight excluding hydrogens is 320 g/mol. The van der Waals surface area contributed by atoms with Gasteiger partial charge in [0, 0.05) is 25.0 Å². The van der Waals surface area contributed by atoms with Crippen molar-refractivity contribution in [2.24, 2.45) is 17.4 Å². The lowest BCUT2D eigenvalue weighted by Gasteiger charge is -2.39. The Morgan fingerprint density at radius 1 is 1.08 bits per heavy atom. The molecule has 0 aromatic carbocycles. The molecule has 142 valence electrons. The van der Waals surface area contributed by atoms with Crippen LogP contribution in [-0.4, -0.2) is 58.7 Å². The third kappa shape index (κ3) is 4.93. The molecule has 0 radical (unpaired) electrons. The minimum absolute atomic E-state index is 0.0442. The molecular formula is C18H32N4O3. The first kappa shape index (κ1) is 19.7. The van der Waals surface area contributed by atoms with Crippen molar-refractivity contribution < 1.29 is 14.4 Å². The maximum absolute atomic E-state index is 12.8. The SMILES string of the molecule is CC(C)C(=O)N(C1CCCCC1)C1CCN(C(=O)C(N)CC(N)=O)C1. The van der Waals surface area contributed by atoms with Crippen molar-refractivity contribution in [2.75, 3.05) is 13.1 Å². The smallest absolute Gasteiger partial charge is 0.240 e. The van der Waals surface area contributed by atoms with Crippen molar-refractivity contribution in [1.29, 1.82) is 0 Å². The molecule has 1 heterocycles. The summed E-state index contributed by atoms with van der Waals surface area (Å²) >= 11 is 0. The molecule has 0 aromatic rings. The second-order valence-corrected chi connectivity index (χ2v) is 7.70. The molecule has 0 spiro atoms. The monoisotopic (exact) mass is 352 g/mol. The molecule has 0 aromatic heterocycles. The fraction of sp³-hybridized carbons (Fsp3) is 0.833. The molecule has 7 heteroatoms. The Hall–Kier alpha value is -1.63. The summed E-state index contributed by atoms with van der Waals surface area (Å²) < 4.78 is 0. The summed E-state index contributed by atoms with van der Waals surface area (Å²) in [6.45, 7) is 4.93. The van der Waals surface area contributed by atoms with E-state index in [-0.39, 0.29) is 36.2 Å². The van der Waals surface area contributed by atoms with Gasteiger partial charge in [-0.25, -0.2) is 0 Å². The molecule has 1 aliphatic carbocycles. The van der Waals surface area contributed by atoms with Gasteiger partial charge in [0.2, 0.25) is 17.7 Å². The van der Waals surface area contributed by atoms with Crippen LogP contribution in [0.5, 0.6) is 0 Å². The average molecular weight is 352 g/mol. The van der Waals surface area contributed by atoms with Gasteiger partial charge in [0.15, 0.2) is 0 Å². The highest BCUT2D eigenvalue weighted by Crippen LogP contribution is 2.29. The molecule has 1 saturated carbocycles. The molecule has 2 rings (SSSR count). The summed E-state index contributed by atoms with van der Waals surface area (Å²) in [5.41, 5.74) is 10.9. The normalized spacial score (nSPS) is 22.9. The van der Waals surface area contributed by atoms with Gasteiger partial charge < -0.3 is 21.3 Å². The van der Waals surface area contributed by atoms with Gasteiger partial charge in [0.1, 0.15) is 0 Å². The van der Waals surface area contributed by atoms with Crippen LogP contribution in [0.15, 0.2) is 0 Å². The van der Waals surface area contributed by atoms with Crippen LogP contribution in [0, 0.1) is 5.92 Å². The second kappa shape index (κ2) is 8.65. The number of nitrogens with two attached hydrogens (primary N) is 2. The number of carbonyl (C=O) groups excluding carboxylic acids is 3. The minimum atomic E-state index is -0.889. The van der Waals surface area contributed by atoms with Crippen molar-refractivity contribution in [2.45, 2.75) is 76.9 Å². The predicted molar refractivity (Wildman–Crippen MR) is 95.3 cm³/mol. The summed E-state index contributed by atoms with van der Waals surface area (Å²) in [7, 11) is 0. The Morgan fingerprint density at radius 2 is 1.72 bits per heavy atom. The fourth-order valence-electron chi connectivity index (χ4n) is 4.02. The van der Waals surface area contributed by atoms with Crippen molar-refractivity contribution in [1.82, 2.24) is 9.80 Å². The molecule has 3 amide bonds. The number of hydrogen-bond donors (Lipinski definition) is 2. The van der Waals surface area contributed by atoms with E-state index in [2.05, 4.69) is 4.90 Å². The number of carbonyl (C=O) groups is 3. The third-order valence-electron chi connectivity index (χ3n) is 5.32. The highest BCUT2D eigenvalue weighted by molar-refractivity contribution is 5.88. The summed E-state index contributed by atoms with van der Waals surface area (Å²) in [4.78, 5) is 40.0. The summed E-state index contributed by atoms with van der Waals surface area (Å²) in [5.74, 6) is -0.700. The van der Waals surface area contributed by atoms with E-state index >= 15 is 0 Å². The quantitative estimate of drug-likeness (QED) is 0.729. The van der Waals surface area contributed by atoms with Crippen LogP contribution in [0.2, 0.25) is 0 Å². The van der Waals surface area contributed by atoms with Crippen LogP contribution in [0.4, 0.5) is 0 Å². The van der Waals surface area contributed by atoms with Gasteiger partial charge in [-0.2, -0.15) is 0 Å². The van der Waals surface area contributed by atoms with E-state index in [9.17, 15) is 14.4 Å². The number of primary amides is 1. The van der Waals surface area contributed by atoms with E-state index in [0.717, 1.165) is 32.1 Å². The van der Waals surface area contributed by atoms with E-state index in [1.165, 1.54) is 6.42 Å². The zero-order valence-electron chi connectivity index (χ0n) is 15.4. The Balaban J connectivity index is 2.05. The lowest BCUT2D eigenvalue weighted by Crippen LogP contribution is -2.51. The first-order chi connectivity index (χ1) is 11.8. The zero-order chi connectivity index (χ0) is 18.6. The number of nitrogens with zero attached hydrogens (tertiary/aromatic N) is 2. The molecule has 4 N–H and O–H groups in total. The van der Waals surface area contributed by atoms with Crippen LogP contribution in [0.1, 0.15) is 58.8 Å². The van der Waals surface area contributed by atoms with Crippen molar-refractivity contribution >= 4 is 17.7 Å². The van der Waals surface area contributed by atoms with Gasteiger partial charge >= 0.3 is 0 Å². The minimum Gasteiger partial charge on any atom is -0.370 e. The summed E-state index contributed by atoms with van der Waals surface area (Å²) in [6, 6.07) is -0.564. The van der Waals surface area contributed by atoms with Gasteiger partial charge in [-0.3, -0.25) is 14.4 Å².